The quantitative estimate of drug-likeness (QED) is 0.313. The van der Waals surface area contributed by atoms with Gasteiger partial charge in [0.2, 0.25) is 0 Å². The van der Waals surface area contributed by atoms with Gasteiger partial charge in [-0.15, -0.1) is 11.3 Å². The lowest BCUT2D eigenvalue weighted by molar-refractivity contribution is -0.137. The van der Waals surface area contributed by atoms with Crippen molar-refractivity contribution in [3.8, 4) is 5.69 Å². The first kappa shape index (κ1) is 26.1. The van der Waals surface area contributed by atoms with Gasteiger partial charge in [-0.1, -0.05) is 0 Å². The van der Waals surface area contributed by atoms with Gasteiger partial charge >= 0.3 is 12.2 Å². The summed E-state index contributed by atoms with van der Waals surface area (Å²) >= 11 is 0.874. The predicted molar refractivity (Wildman–Crippen MR) is 130 cm³/mol. The van der Waals surface area contributed by atoms with Crippen LogP contribution in [-0.4, -0.2) is 31.0 Å². The van der Waals surface area contributed by atoms with Gasteiger partial charge in [0, 0.05) is 23.3 Å². The van der Waals surface area contributed by atoms with Crippen molar-refractivity contribution in [3.05, 3.63) is 75.4 Å². The molecule has 0 saturated carbocycles. The molecule has 0 aliphatic heterocycles. The van der Waals surface area contributed by atoms with Gasteiger partial charge in [0.15, 0.2) is 0 Å². The number of anilines is 2. The van der Waals surface area contributed by atoms with Crippen molar-refractivity contribution >= 4 is 49.7 Å². The van der Waals surface area contributed by atoms with E-state index in [0.29, 0.717) is 27.3 Å². The number of halogens is 4. The van der Waals surface area contributed by atoms with Crippen LogP contribution in [0.15, 0.2) is 57.8 Å². The van der Waals surface area contributed by atoms with E-state index in [2.05, 4.69) is 10.3 Å². The summed E-state index contributed by atoms with van der Waals surface area (Å²) in [6.45, 7) is 1.64. The number of hydrogen-bond donors (Lipinski definition) is 3. The molecule has 0 aliphatic carbocycles. The predicted octanol–water partition coefficient (Wildman–Crippen LogP) is 4.47. The first-order chi connectivity index (χ1) is 17.3. The maximum Gasteiger partial charge on any atom is 0.418 e. The lowest BCUT2D eigenvalue weighted by Gasteiger charge is -2.17. The number of nitrogens with one attached hydrogen (secondary N) is 3. The summed E-state index contributed by atoms with van der Waals surface area (Å²) in [7, 11) is -2.68. The third kappa shape index (κ3) is 5.27. The molecule has 0 atom stereocenters. The molecule has 4 aromatic rings. The number of carbonyl (C=O) groups is 1. The molecular weight excluding hydrogens is 538 g/mol. The van der Waals surface area contributed by atoms with Gasteiger partial charge in [-0.25, -0.2) is 27.3 Å². The summed E-state index contributed by atoms with van der Waals surface area (Å²) in [6.07, 6.45) is -4.39. The molecule has 2 aromatic carbocycles. The summed E-state index contributed by atoms with van der Waals surface area (Å²) in [5, 5.41) is 4.67. The molecular formula is C22H17F4N5O4S2. The molecule has 0 aliphatic rings. The third-order valence-electron chi connectivity index (χ3n) is 5.12. The first-order valence-corrected chi connectivity index (χ1v) is 12.6. The van der Waals surface area contributed by atoms with Crippen LogP contribution in [0.25, 0.3) is 16.6 Å². The molecule has 0 unspecified atom stereocenters. The van der Waals surface area contributed by atoms with E-state index in [0.717, 1.165) is 17.7 Å². The molecule has 2 heterocycles. The highest BCUT2D eigenvalue weighted by Gasteiger charge is 2.37. The fourth-order valence-electron chi connectivity index (χ4n) is 3.45. The number of amides is 2. The lowest BCUT2D eigenvalue weighted by atomic mass is 10.1. The van der Waals surface area contributed by atoms with Crippen LogP contribution in [-0.2, 0) is 16.2 Å². The molecule has 3 N–H and O–H groups in total. The van der Waals surface area contributed by atoms with Crippen molar-refractivity contribution in [2.45, 2.75) is 17.3 Å². The minimum atomic E-state index is -5.16. The van der Waals surface area contributed by atoms with Crippen molar-refractivity contribution in [1.29, 1.82) is 0 Å². The van der Waals surface area contributed by atoms with E-state index in [4.69, 9.17) is 0 Å². The van der Waals surface area contributed by atoms with Crippen LogP contribution in [0.1, 0.15) is 10.4 Å². The van der Waals surface area contributed by atoms with Crippen molar-refractivity contribution in [3.63, 3.8) is 0 Å². The van der Waals surface area contributed by atoms with Gasteiger partial charge in [0.25, 0.3) is 15.6 Å². The Bertz CT molecular complexity index is 1700. The fraction of sp³-hybridized carbons (Fsp3) is 0.136. The average molecular weight is 556 g/mol. The van der Waals surface area contributed by atoms with Crippen molar-refractivity contribution in [2.24, 2.45) is 0 Å². The number of benzene rings is 2. The van der Waals surface area contributed by atoms with E-state index in [1.165, 1.54) is 30.3 Å². The smallest absolute Gasteiger partial charge is 0.388 e. The number of nitrogens with zero attached hydrogens (tertiary/aromatic N) is 2. The zero-order chi connectivity index (χ0) is 27.1. The SMILES string of the molecule is CNc1ccc2c(=O)n(-c3c(F)cc(NC(=O)NS(=O)(=O)c4ccc(C)s4)cc3C(F)(F)F)cnc2c1. The Balaban J connectivity index is 1.73. The summed E-state index contributed by atoms with van der Waals surface area (Å²) in [6, 6.07) is 6.62. The van der Waals surface area contributed by atoms with E-state index in [1.807, 2.05) is 5.32 Å². The van der Waals surface area contributed by atoms with Crippen LogP contribution < -0.4 is 20.9 Å². The van der Waals surface area contributed by atoms with E-state index in [-0.39, 0.29) is 15.1 Å². The van der Waals surface area contributed by atoms with Crippen LogP contribution >= 0.6 is 11.3 Å². The first-order valence-electron chi connectivity index (χ1n) is 10.3. The third-order valence-corrected chi connectivity index (χ3v) is 7.95. The van der Waals surface area contributed by atoms with Crippen molar-refractivity contribution in [1.82, 2.24) is 14.3 Å². The maximum absolute atomic E-state index is 15.1. The number of thiophene rings is 1. The van der Waals surface area contributed by atoms with Gasteiger partial charge in [-0.05, 0) is 49.4 Å². The minimum Gasteiger partial charge on any atom is -0.388 e. The molecule has 0 fully saturated rings. The Kier molecular flexibility index (Phi) is 6.68. The number of rotatable bonds is 5. The zero-order valence-corrected chi connectivity index (χ0v) is 20.6. The number of hydrogen-bond acceptors (Lipinski definition) is 7. The van der Waals surface area contributed by atoms with Gasteiger partial charge in [-0.2, -0.15) is 13.2 Å². The molecule has 37 heavy (non-hydrogen) atoms. The van der Waals surface area contributed by atoms with E-state index in [1.54, 1.807) is 18.7 Å². The summed E-state index contributed by atoms with van der Waals surface area (Å²) in [4.78, 5) is 29.8. The van der Waals surface area contributed by atoms with Crippen LogP contribution in [0.5, 0.6) is 0 Å². The van der Waals surface area contributed by atoms with Gasteiger partial charge in [0.1, 0.15) is 16.4 Å². The van der Waals surface area contributed by atoms with Gasteiger partial charge in [0.05, 0.1) is 22.2 Å². The van der Waals surface area contributed by atoms with Crippen molar-refractivity contribution < 1.29 is 30.8 Å². The topological polar surface area (TPSA) is 122 Å². The zero-order valence-electron chi connectivity index (χ0n) is 19.0. The average Bonchev–Trinajstić information content (AvgIpc) is 3.25. The van der Waals surface area contributed by atoms with E-state index >= 15 is 4.39 Å². The van der Waals surface area contributed by atoms with E-state index in [9.17, 15) is 31.2 Å². The largest absolute Gasteiger partial charge is 0.418 e. The Morgan fingerprint density at radius 1 is 1.08 bits per heavy atom. The number of carbonyl (C=O) groups excluding carboxylic acids is 1. The summed E-state index contributed by atoms with van der Waals surface area (Å²) in [5.74, 6) is -1.50. The number of urea groups is 1. The van der Waals surface area contributed by atoms with Crippen LogP contribution in [0.4, 0.5) is 33.7 Å². The number of alkyl halides is 3. The molecule has 15 heteroatoms. The van der Waals surface area contributed by atoms with Gasteiger partial charge in [-0.3, -0.25) is 9.36 Å². The molecule has 194 valence electrons. The molecule has 0 saturated heterocycles. The van der Waals surface area contributed by atoms with Crippen LogP contribution in [0.3, 0.4) is 0 Å². The normalized spacial score (nSPS) is 11.9. The molecule has 0 bridgehead atoms. The molecule has 2 aromatic heterocycles. The van der Waals surface area contributed by atoms with Crippen LogP contribution in [0, 0.1) is 12.7 Å². The molecule has 4 rings (SSSR count). The Labute approximate surface area is 210 Å². The Morgan fingerprint density at radius 3 is 2.43 bits per heavy atom. The standard InChI is InChI=1S/C22H17F4N5O4S2/c1-11-3-6-18(36-11)37(34,35)30-21(33)29-13-7-15(22(24,25)26)19(16(23)8-13)31-10-28-17-9-12(27-2)4-5-14(17)20(31)32/h3-10,27H,1-2H3,(H2,29,30,33). The number of sulfonamides is 1. The lowest BCUT2D eigenvalue weighted by Crippen LogP contribution is -2.34. The highest BCUT2D eigenvalue weighted by molar-refractivity contribution is 7.92. The maximum atomic E-state index is 15.1. The van der Waals surface area contributed by atoms with Crippen molar-refractivity contribution in [2.75, 3.05) is 17.7 Å². The molecule has 9 nitrogen and oxygen atoms in total. The fourth-order valence-corrected chi connectivity index (χ4v) is 5.64. The van der Waals surface area contributed by atoms with Crippen LogP contribution in [0.2, 0.25) is 0 Å². The Hall–Kier alpha value is -3.98. The monoisotopic (exact) mass is 555 g/mol. The second-order valence-corrected chi connectivity index (χ2v) is 10.9. The minimum absolute atomic E-state index is 0.0513. The summed E-state index contributed by atoms with van der Waals surface area (Å²) in [5.41, 5.74) is -3.58. The highest BCUT2D eigenvalue weighted by Crippen LogP contribution is 2.37. The van der Waals surface area contributed by atoms with Gasteiger partial charge < -0.3 is 10.6 Å². The second-order valence-electron chi connectivity index (χ2n) is 7.68. The number of fused-ring (bicyclic) bond motifs is 1. The summed E-state index contributed by atoms with van der Waals surface area (Å²) < 4.78 is 83.4. The van der Waals surface area contributed by atoms with E-state index < -0.39 is 50.5 Å². The molecule has 2 amide bonds. The number of aromatic nitrogens is 2. The second kappa shape index (κ2) is 9.48. The molecule has 0 radical (unpaired) electrons. The Morgan fingerprint density at radius 2 is 1.81 bits per heavy atom. The number of aryl methyl sites for hydroxylation is 1. The molecule has 0 spiro atoms. The highest BCUT2D eigenvalue weighted by atomic mass is 32.2.